The topological polar surface area (TPSA) is 69.4 Å². The van der Waals surface area contributed by atoms with Crippen molar-refractivity contribution in [3.05, 3.63) is 60.2 Å². The molecule has 0 bridgehead atoms. The van der Waals surface area contributed by atoms with Gasteiger partial charge in [-0.15, -0.1) is 0 Å². The molecule has 2 aromatic rings. The molecule has 1 saturated carbocycles. The quantitative estimate of drug-likeness (QED) is 0.918. The van der Waals surface area contributed by atoms with Crippen molar-refractivity contribution in [1.82, 2.24) is 0 Å². The molecule has 5 heteroatoms. The van der Waals surface area contributed by atoms with Crippen LogP contribution < -0.4 is 10.5 Å². The summed E-state index contributed by atoms with van der Waals surface area (Å²) >= 11 is 0. The maximum Gasteiger partial charge on any atom is 0.182 e. The Hall–Kier alpha value is -1.85. The van der Waals surface area contributed by atoms with E-state index < -0.39 is 15.1 Å². The molecule has 0 aromatic heterocycles. The SMILES string of the molecule is COc1ccc([C@H]2[C@@H](CN)[C@@H]2S(=O)(=O)c2ccccc2)cc1. The van der Waals surface area contributed by atoms with E-state index in [1.165, 1.54) is 0 Å². The van der Waals surface area contributed by atoms with Crippen molar-refractivity contribution in [3.63, 3.8) is 0 Å². The Balaban J connectivity index is 1.91. The highest BCUT2D eigenvalue weighted by Crippen LogP contribution is 2.53. The zero-order chi connectivity index (χ0) is 15.7. The van der Waals surface area contributed by atoms with Crippen LogP contribution in [0.3, 0.4) is 0 Å². The third-order valence-corrected chi connectivity index (χ3v) is 6.59. The summed E-state index contributed by atoms with van der Waals surface area (Å²) in [7, 11) is -1.74. The van der Waals surface area contributed by atoms with Crippen molar-refractivity contribution in [3.8, 4) is 5.75 Å². The average Bonchev–Trinajstić information content (AvgIpc) is 3.31. The second-order valence-corrected chi connectivity index (χ2v) is 7.63. The van der Waals surface area contributed by atoms with E-state index in [1.807, 2.05) is 30.3 Å². The van der Waals surface area contributed by atoms with Crippen LogP contribution >= 0.6 is 0 Å². The van der Waals surface area contributed by atoms with Gasteiger partial charge in [0.2, 0.25) is 0 Å². The Kier molecular flexibility index (Phi) is 3.93. The minimum atomic E-state index is -3.35. The second kappa shape index (κ2) is 5.74. The number of ether oxygens (including phenoxy) is 1. The molecular formula is C17H19NO3S. The molecule has 4 nitrogen and oxygen atoms in total. The van der Waals surface area contributed by atoms with Crippen LogP contribution in [0.4, 0.5) is 0 Å². The maximum absolute atomic E-state index is 12.8. The number of hydrogen-bond donors (Lipinski definition) is 1. The predicted octanol–water partition coefficient (Wildman–Crippen LogP) is 2.21. The van der Waals surface area contributed by atoms with Gasteiger partial charge in [-0.05, 0) is 42.3 Å². The minimum absolute atomic E-state index is 0.0291. The van der Waals surface area contributed by atoms with Crippen molar-refractivity contribution < 1.29 is 13.2 Å². The van der Waals surface area contributed by atoms with Crippen molar-refractivity contribution >= 4 is 9.84 Å². The monoisotopic (exact) mass is 317 g/mol. The first-order valence-electron chi connectivity index (χ1n) is 7.22. The van der Waals surface area contributed by atoms with Gasteiger partial charge < -0.3 is 10.5 Å². The molecule has 1 aliphatic carbocycles. The molecule has 1 fully saturated rings. The third kappa shape index (κ3) is 2.51. The van der Waals surface area contributed by atoms with Crippen molar-refractivity contribution in [2.75, 3.05) is 13.7 Å². The molecule has 2 N–H and O–H groups in total. The van der Waals surface area contributed by atoms with Crippen LogP contribution in [0.5, 0.6) is 5.75 Å². The van der Waals surface area contributed by atoms with Crippen LogP contribution in [-0.4, -0.2) is 27.3 Å². The number of nitrogens with two attached hydrogens (primary N) is 1. The number of methoxy groups -OCH3 is 1. The van der Waals surface area contributed by atoms with Crippen LogP contribution in [0.2, 0.25) is 0 Å². The molecule has 3 atom stereocenters. The van der Waals surface area contributed by atoms with Crippen LogP contribution in [0.25, 0.3) is 0 Å². The lowest BCUT2D eigenvalue weighted by atomic mass is 10.1. The molecule has 0 saturated heterocycles. The van der Waals surface area contributed by atoms with Crippen LogP contribution in [-0.2, 0) is 9.84 Å². The lowest BCUT2D eigenvalue weighted by molar-refractivity contribution is 0.414. The summed E-state index contributed by atoms with van der Waals surface area (Å²) in [5, 5.41) is -0.437. The van der Waals surface area contributed by atoms with Gasteiger partial charge in [0.15, 0.2) is 9.84 Å². The summed E-state index contributed by atoms with van der Waals surface area (Å²) < 4.78 is 30.7. The summed E-state index contributed by atoms with van der Waals surface area (Å²) in [4.78, 5) is 0.370. The average molecular weight is 317 g/mol. The van der Waals surface area contributed by atoms with Gasteiger partial charge in [-0.2, -0.15) is 0 Å². The summed E-state index contributed by atoms with van der Waals surface area (Å²) in [5.41, 5.74) is 6.79. The number of hydrogen-bond acceptors (Lipinski definition) is 4. The van der Waals surface area contributed by atoms with Gasteiger partial charge in [-0.1, -0.05) is 30.3 Å². The molecule has 22 heavy (non-hydrogen) atoms. The molecule has 0 unspecified atom stereocenters. The fourth-order valence-corrected chi connectivity index (χ4v) is 5.32. The lowest BCUT2D eigenvalue weighted by Gasteiger charge is -2.05. The first-order chi connectivity index (χ1) is 10.6. The molecule has 3 rings (SSSR count). The van der Waals surface area contributed by atoms with E-state index in [1.54, 1.807) is 31.4 Å². The van der Waals surface area contributed by atoms with Crippen LogP contribution in [0, 0.1) is 5.92 Å². The first kappa shape index (κ1) is 15.1. The molecule has 0 heterocycles. The van der Waals surface area contributed by atoms with E-state index in [4.69, 9.17) is 10.5 Å². The van der Waals surface area contributed by atoms with Crippen molar-refractivity contribution in [2.24, 2.45) is 11.7 Å². The molecule has 0 aliphatic heterocycles. The Bertz CT molecular complexity index is 741. The Morgan fingerprint density at radius 2 is 1.68 bits per heavy atom. The molecule has 2 aromatic carbocycles. The molecule has 0 spiro atoms. The molecule has 0 radical (unpaired) electrons. The predicted molar refractivity (Wildman–Crippen MR) is 85.7 cm³/mol. The van der Waals surface area contributed by atoms with Gasteiger partial charge in [0, 0.05) is 5.92 Å². The fraction of sp³-hybridized carbons (Fsp3) is 0.294. The number of sulfone groups is 1. The maximum atomic E-state index is 12.8. The van der Waals surface area contributed by atoms with E-state index in [9.17, 15) is 8.42 Å². The highest BCUT2D eigenvalue weighted by molar-refractivity contribution is 7.92. The third-order valence-electron chi connectivity index (χ3n) is 4.30. The normalized spacial score (nSPS) is 24.0. The van der Waals surface area contributed by atoms with Gasteiger partial charge in [0.1, 0.15) is 5.75 Å². The summed E-state index contributed by atoms with van der Waals surface area (Å²) in [5.74, 6) is 0.691. The largest absolute Gasteiger partial charge is 0.497 e. The van der Waals surface area contributed by atoms with E-state index in [0.29, 0.717) is 11.4 Å². The fourth-order valence-electron chi connectivity index (χ4n) is 3.08. The Labute approximate surface area is 130 Å². The van der Waals surface area contributed by atoms with Gasteiger partial charge in [-0.3, -0.25) is 0 Å². The zero-order valence-electron chi connectivity index (χ0n) is 12.3. The van der Waals surface area contributed by atoms with Gasteiger partial charge in [0.05, 0.1) is 17.3 Å². The van der Waals surface area contributed by atoms with Gasteiger partial charge in [-0.25, -0.2) is 8.42 Å². The van der Waals surface area contributed by atoms with E-state index in [0.717, 1.165) is 11.3 Å². The standard InChI is InChI=1S/C17H19NO3S/c1-21-13-9-7-12(8-10-13)16-15(11-18)17(16)22(19,20)14-5-3-2-4-6-14/h2-10,15-17H,11,18H2,1H3/t15-,16+,17+/m1/s1. The summed E-state index contributed by atoms with van der Waals surface area (Å²) in [6.07, 6.45) is 0. The Morgan fingerprint density at radius 1 is 1.05 bits per heavy atom. The van der Waals surface area contributed by atoms with E-state index in [2.05, 4.69) is 0 Å². The molecule has 116 valence electrons. The van der Waals surface area contributed by atoms with Crippen molar-refractivity contribution in [1.29, 1.82) is 0 Å². The van der Waals surface area contributed by atoms with Gasteiger partial charge in [0.25, 0.3) is 0 Å². The second-order valence-electron chi connectivity index (χ2n) is 5.52. The Morgan fingerprint density at radius 3 is 2.23 bits per heavy atom. The summed E-state index contributed by atoms with van der Waals surface area (Å²) in [6.45, 7) is 0.368. The van der Waals surface area contributed by atoms with E-state index >= 15 is 0 Å². The lowest BCUT2D eigenvalue weighted by Crippen LogP contribution is -2.13. The zero-order valence-corrected chi connectivity index (χ0v) is 13.2. The summed E-state index contributed by atoms with van der Waals surface area (Å²) in [6, 6.07) is 16.1. The molecule has 1 aliphatic rings. The minimum Gasteiger partial charge on any atom is -0.497 e. The van der Waals surface area contributed by atoms with Gasteiger partial charge >= 0.3 is 0 Å². The van der Waals surface area contributed by atoms with E-state index in [-0.39, 0.29) is 11.8 Å². The molecule has 0 amide bonds. The van der Waals surface area contributed by atoms with Crippen LogP contribution in [0.15, 0.2) is 59.5 Å². The highest BCUT2D eigenvalue weighted by Gasteiger charge is 2.57. The van der Waals surface area contributed by atoms with Crippen LogP contribution in [0.1, 0.15) is 11.5 Å². The smallest absolute Gasteiger partial charge is 0.182 e. The number of benzene rings is 2. The highest BCUT2D eigenvalue weighted by atomic mass is 32.2. The van der Waals surface area contributed by atoms with Crippen molar-refractivity contribution in [2.45, 2.75) is 16.1 Å². The first-order valence-corrected chi connectivity index (χ1v) is 8.77. The number of rotatable bonds is 5. The molecular weight excluding hydrogens is 298 g/mol.